The lowest BCUT2D eigenvalue weighted by atomic mass is 9.83. The van der Waals surface area contributed by atoms with Gasteiger partial charge in [-0.15, -0.1) is 0 Å². The molecule has 3 rings (SSSR count). The molecule has 0 aliphatic heterocycles. The monoisotopic (exact) mass is 645 g/mol. The van der Waals surface area contributed by atoms with Crippen molar-refractivity contribution in [2.24, 2.45) is 0 Å². The fourth-order valence-electron chi connectivity index (χ4n) is 5.13. The van der Waals surface area contributed by atoms with Crippen LogP contribution in [0.2, 0.25) is 18.1 Å². The minimum absolute atomic E-state index is 0.00181. The molecule has 0 heterocycles. The Morgan fingerprint density at radius 1 is 0.783 bits per heavy atom. The van der Waals surface area contributed by atoms with Crippen molar-refractivity contribution < 1.29 is 23.5 Å². The zero-order valence-corrected chi connectivity index (χ0v) is 31.0. The summed E-state index contributed by atoms with van der Waals surface area (Å²) in [5.41, 5.74) is 5.90. The fraction of sp³-hybridized carbons (Fsp3) is 0.487. The Labute approximate surface area is 278 Å². The van der Waals surface area contributed by atoms with E-state index < -0.39 is 8.32 Å². The third-order valence-corrected chi connectivity index (χ3v) is 13.4. The van der Waals surface area contributed by atoms with Crippen LogP contribution in [0.3, 0.4) is 0 Å². The van der Waals surface area contributed by atoms with E-state index in [-0.39, 0.29) is 22.3 Å². The molecule has 0 saturated carbocycles. The van der Waals surface area contributed by atoms with Gasteiger partial charge in [-0.05, 0) is 114 Å². The highest BCUT2D eigenvalue weighted by Gasteiger charge is 2.36. The van der Waals surface area contributed by atoms with Crippen molar-refractivity contribution in [1.82, 2.24) is 0 Å². The molecule has 7 heteroatoms. The average Bonchev–Trinajstić information content (AvgIpc) is 2.98. The summed E-state index contributed by atoms with van der Waals surface area (Å²) in [7, 11) is -1.71. The second-order valence-corrected chi connectivity index (χ2v) is 19.2. The summed E-state index contributed by atoms with van der Waals surface area (Å²) < 4.78 is 17.8. The molecule has 0 fully saturated rings. The van der Waals surface area contributed by atoms with Gasteiger partial charge in [0.25, 0.3) is 0 Å². The number of benzene rings is 3. The zero-order chi connectivity index (χ0) is 34.3. The Morgan fingerprint density at radius 2 is 1.39 bits per heavy atom. The predicted octanol–water partition coefficient (Wildman–Crippen LogP) is 10.0. The second-order valence-electron chi connectivity index (χ2n) is 14.4. The number of amides is 1. The molecular weight excluding hydrogens is 591 g/mol. The van der Waals surface area contributed by atoms with E-state index in [1.807, 2.05) is 50.2 Å². The van der Waals surface area contributed by atoms with Crippen LogP contribution < -0.4 is 9.64 Å². The van der Waals surface area contributed by atoms with Crippen molar-refractivity contribution in [2.75, 3.05) is 31.3 Å². The quantitative estimate of drug-likeness (QED) is 0.105. The molecule has 0 atom stereocenters. The van der Waals surface area contributed by atoms with Crippen LogP contribution in [-0.2, 0) is 19.4 Å². The van der Waals surface area contributed by atoms with Crippen molar-refractivity contribution in [1.29, 1.82) is 0 Å². The number of nitrogens with zero attached hydrogens (tertiary/aromatic N) is 1. The molecule has 0 aliphatic carbocycles. The number of carbonyl (C=O) groups excluding carboxylic acids is 2. The molecule has 46 heavy (non-hydrogen) atoms. The number of esters is 1. The first kappa shape index (κ1) is 37.0. The Kier molecular flexibility index (Phi) is 12.4. The van der Waals surface area contributed by atoms with Crippen LogP contribution in [0.1, 0.15) is 91.1 Å². The molecule has 0 N–H and O–H groups in total. The second kappa shape index (κ2) is 15.4. The van der Waals surface area contributed by atoms with Gasteiger partial charge in [0.05, 0.1) is 18.8 Å². The van der Waals surface area contributed by atoms with Crippen LogP contribution in [0.5, 0.6) is 5.75 Å². The molecular formula is C39H55NO5Si. The summed E-state index contributed by atoms with van der Waals surface area (Å²) in [4.78, 5) is 27.3. The number of ether oxygens (including phenoxy) is 2. The Balaban J connectivity index is 1.85. The van der Waals surface area contributed by atoms with Crippen molar-refractivity contribution in [3.63, 3.8) is 0 Å². The highest BCUT2D eigenvalue weighted by molar-refractivity contribution is 6.74. The van der Waals surface area contributed by atoms with Crippen LogP contribution >= 0.6 is 0 Å². The number of hydrogen-bond acceptors (Lipinski definition) is 5. The summed E-state index contributed by atoms with van der Waals surface area (Å²) in [6, 6.07) is 20.0. The van der Waals surface area contributed by atoms with E-state index >= 15 is 0 Å². The Morgan fingerprint density at radius 3 is 1.96 bits per heavy atom. The fourth-order valence-corrected chi connectivity index (χ4v) is 6.22. The van der Waals surface area contributed by atoms with Gasteiger partial charge in [-0.2, -0.15) is 0 Å². The first-order valence-electron chi connectivity index (χ1n) is 16.6. The average molecular weight is 646 g/mol. The van der Waals surface area contributed by atoms with E-state index in [1.165, 1.54) is 0 Å². The molecule has 0 spiro atoms. The van der Waals surface area contributed by atoms with Crippen LogP contribution in [0.15, 0.2) is 60.7 Å². The highest BCUT2D eigenvalue weighted by atomic mass is 28.4. The van der Waals surface area contributed by atoms with Crippen molar-refractivity contribution in [2.45, 2.75) is 98.7 Å². The van der Waals surface area contributed by atoms with Gasteiger partial charge in [0, 0.05) is 25.8 Å². The minimum atomic E-state index is -1.71. The molecule has 0 bridgehead atoms. The van der Waals surface area contributed by atoms with E-state index in [9.17, 15) is 9.59 Å². The molecule has 250 valence electrons. The minimum Gasteiger partial charge on any atom is -0.494 e. The van der Waals surface area contributed by atoms with Crippen LogP contribution in [-0.4, -0.2) is 46.6 Å². The topological polar surface area (TPSA) is 65.1 Å². The van der Waals surface area contributed by atoms with E-state index in [4.69, 9.17) is 13.9 Å². The Hall–Kier alpha value is -3.42. The lowest BCUT2D eigenvalue weighted by Gasteiger charge is -2.36. The molecule has 0 radical (unpaired) electrons. The largest absolute Gasteiger partial charge is 0.494 e. The van der Waals surface area contributed by atoms with Gasteiger partial charge < -0.3 is 18.8 Å². The molecule has 0 unspecified atom stereocenters. The summed E-state index contributed by atoms with van der Waals surface area (Å²) >= 11 is 0. The molecule has 0 saturated heterocycles. The van der Waals surface area contributed by atoms with E-state index in [2.05, 4.69) is 78.9 Å². The van der Waals surface area contributed by atoms with Gasteiger partial charge >= 0.3 is 5.97 Å². The van der Waals surface area contributed by atoms with Crippen LogP contribution in [0.25, 0.3) is 22.3 Å². The molecule has 0 aromatic heterocycles. The summed E-state index contributed by atoms with van der Waals surface area (Å²) in [6.45, 7) is 25.4. The van der Waals surface area contributed by atoms with Gasteiger partial charge in [-0.25, -0.2) is 4.79 Å². The molecule has 1 amide bonds. The summed E-state index contributed by atoms with van der Waals surface area (Å²) in [6.07, 6.45) is 1.91. The number of anilines is 1. The third-order valence-electron chi connectivity index (χ3n) is 8.88. The van der Waals surface area contributed by atoms with Gasteiger partial charge in [0.1, 0.15) is 5.75 Å². The van der Waals surface area contributed by atoms with Crippen LogP contribution in [0.4, 0.5) is 5.69 Å². The predicted molar refractivity (Wildman–Crippen MR) is 194 cm³/mol. The number of rotatable bonds is 13. The third kappa shape index (κ3) is 9.32. The standard InChI is InChI=1S/C39H55NO5Si/c1-12-40(28(3)41)36-23-19-31(27-35(36)38(4,5)6)34-26-30(18-22-33(34)37(42)43-13-2)29-16-20-32(21-17-29)44-24-14-15-25-45-46(10,11)39(7,8)9/h16-23,26-27H,12-15,24-25H2,1-11H3. The Bertz CT molecular complexity index is 1480. The molecule has 6 nitrogen and oxygen atoms in total. The molecule has 3 aromatic carbocycles. The zero-order valence-electron chi connectivity index (χ0n) is 30.0. The summed E-state index contributed by atoms with van der Waals surface area (Å²) in [5, 5.41) is 0.220. The number of hydrogen-bond donors (Lipinski definition) is 0. The van der Waals surface area contributed by atoms with Crippen molar-refractivity contribution in [3.8, 4) is 28.0 Å². The van der Waals surface area contributed by atoms with Gasteiger partial charge in [0.2, 0.25) is 5.91 Å². The van der Waals surface area contributed by atoms with Crippen LogP contribution in [0, 0.1) is 0 Å². The molecule has 3 aromatic rings. The number of carbonyl (C=O) groups is 2. The van der Waals surface area contributed by atoms with Gasteiger partial charge in [-0.3, -0.25) is 4.79 Å². The SMILES string of the molecule is CCOC(=O)c1ccc(-c2ccc(OCCCCO[Si](C)(C)C(C)(C)C)cc2)cc1-c1ccc(N(CC)C(C)=O)c(C(C)(C)C)c1. The maximum absolute atomic E-state index is 13.1. The van der Waals surface area contributed by atoms with Gasteiger partial charge in [0.15, 0.2) is 8.32 Å². The normalized spacial score (nSPS) is 12.2. The first-order valence-corrected chi connectivity index (χ1v) is 19.5. The van der Waals surface area contributed by atoms with Crippen molar-refractivity contribution >= 4 is 25.9 Å². The van der Waals surface area contributed by atoms with E-state index in [0.717, 1.165) is 58.7 Å². The highest BCUT2D eigenvalue weighted by Crippen LogP contribution is 2.39. The summed E-state index contributed by atoms with van der Waals surface area (Å²) in [5.74, 6) is 0.467. The maximum Gasteiger partial charge on any atom is 0.338 e. The first-order chi connectivity index (χ1) is 21.5. The van der Waals surface area contributed by atoms with Crippen molar-refractivity contribution in [3.05, 3.63) is 71.8 Å². The van der Waals surface area contributed by atoms with E-state index in [0.29, 0.717) is 25.3 Å². The lowest BCUT2D eigenvalue weighted by Crippen LogP contribution is -2.41. The smallest absolute Gasteiger partial charge is 0.338 e. The maximum atomic E-state index is 13.1. The lowest BCUT2D eigenvalue weighted by molar-refractivity contribution is -0.116. The van der Waals surface area contributed by atoms with E-state index in [1.54, 1.807) is 11.8 Å². The van der Waals surface area contributed by atoms with Gasteiger partial charge in [-0.1, -0.05) is 65.8 Å². The molecule has 0 aliphatic rings. The number of unbranched alkanes of at least 4 members (excludes halogenated alkanes) is 1.